The summed E-state index contributed by atoms with van der Waals surface area (Å²) in [5.74, 6) is 0. The van der Waals surface area contributed by atoms with Gasteiger partial charge in [0.2, 0.25) is 0 Å². The number of hydrogen-bond donors (Lipinski definition) is 1. The van der Waals surface area contributed by atoms with Crippen molar-refractivity contribution in [2.75, 3.05) is 4.90 Å². The highest BCUT2D eigenvalue weighted by molar-refractivity contribution is 6.13. The summed E-state index contributed by atoms with van der Waals surface area (Å²) in [6.45, 7) is 0. The van der Waals surface area contributed by atoms with Crippen molar-refractivity contribution in [2.45, 2.75) is 0 Å². The van der Waals surface area contributed by atoms with Crippen LogP contribution >= 0.6 is 0 Å². The number of para-hydroxylation sites is 2. The maximum Gasteiger partial charge on any atom is 0.0633 e. The quantitative estimate of drug-likeness (QED) is 0.385. The summed E-state index contributed by atoms with van der Waals surface area (Å²) in [7, 11) is 0. The maximum atomic E-state index is 3.38. The van der Waals surface area contributed by atoms with Gasteiger partial charge in [-0.05, 0) is 41.8 Å². The second kappa shape index (κ2) is 6.08. The van der Waals surface area contributed by atoms with Gasteiger partial charge in [0, 0.05) is 33.9 Å². The predicted octanol–water partition coefficient (Wildman–Crippen LogP) is 6.79. The SMILES string of the molecule is c1ccc(N(c2ccccc2)c2c3ccccc3cc3[nH]ccc23)cc1. The molecule has 26 heavy (non-hydrogen) atoms. The molecular formula is C24H18N2. The van der Waals surface area contributed by atoms with Crippen LogP contribution in [-0.4, -0.2) is 4.98 Å². The van der Waals surface area contributed by atoms with Crippen molar-refractivity contribution < 1.29 is 0 Å². The third kappa shape index (κ3) is 2.35. The van der Waals surface area contributed by atoms with Gasteiger partial charge in [0.25, 0.3) is 0 Å². The van der Waals surface area contributed by atoms with E-state index in [1.165, 1.54) is 21.8 Å². The Hall–Kier alpha value is -3.52. The number of nitrogens with zero attached hydrogens (tertiary/aromatic N) is 1. The first kappa shape index (κ1) is 14.8. The monoisotopic (exact) mass is 334 g/mol. The van der Waals surface area contributed by atoms with Gasteiger partial charge >= 0.3 is 0 Å². The minimum Gasteiger partial charge on any atom is -0.361 e. The van der Waals surface area contributed by atoms with Crippen molar-refractivity contribution in [1.29, 1.82) is 0 Å². The van der Waals surface area contributed by atoms with Crippen molar-refractivity contribution in [3.8, 4) is 0 Å². The van der Waals surface area contributed by atoms with E-state index in [2.05, 4.69) is 107 Å². The molecule has 0 amide bonds. The highest BCUT2D eigenvalue weighted by Gasteiger charge is 2.18. The fraction of sp³-hybridized carbons (Fsp3) is 0. The topological polar surface area (TPSA) is 19.0 Å². The Morgan fingerprint density at radius 3 is 1.88 bits per heavy atom. The van der Waals surface area contributed by atoms with Crippen LogP contribution in [0.2, 0.25) is 0 Å². The Balaban J connectivity index is 1.91. The van der Waals surface area contributed by atoms with E-state index in [9.17, 15) is 0 Å². The molecule has 124 valence electrons. The first-order valence-corrected chi connectivity index (χ1v) is 8.81. The van der Waals surface area contributed by atoms with Gasteiger partial charge in [0.1, 0.15) is 0 Å². The van der Waals surface area contributed by atoms with Crippen LogP contribution in [0.4, 0.5) is 17.1 Å². The number of anilines is 3. The van der Waals surface area contributed by atoms with Crippen LogP contribution in [-0.2, 0) is 0 Å². The van der Waals surface area contributed by atoms with Crippen molar-refractivity contribution in [2.24, 2.45) is 0 Å². The van der Waals surface area contributed by atoms with Gasteiger partial charge in [-0.25, -0.2) is 0 Å². The summed E-state index contributed by atoms with van der Waals surface area (Å²) in [6, 6.07) is 34.1. The molecular weight excluding hydrogens is 316 g/mol. The average molecular weight is 334 g/mol. The lowest BCUT2D eigenvalue weighted by molar-refractivity contribution is 1.31. The van der Waals surface area contributed by atoms with Crippen LogP contribution in [0.5, 0.6) is 0 Å². The van der Waals surface area contributed by atoms with Crippen LogP contribution in [0, 0.1) is 0 Å². The molecule has 0 aliphatic carbocycles. The average Bonchev–Trinajstić information content (AvgIpc) is 3.17. The maximum absolute atomic E-state index is 3.38. The molecule has 2 heteroatoms. The molecule has 0 aliphatic rings. The minimum atomic E-state index is 1.15. The third-order valence-corrected chi connectivity index (χ3v) is 4.80. The molecule has 0 saturated carbocycles. The highest BCUT2D eigenvalue weighted by Crippen LogP contribution is 2.43. The Morgan fingerprint density at radius 1 is 0.577 bits per heavy atom. The van der Waals surface area contributed by atoms with Crippen LogP contribution in [0.15, 0.2) is 103 Å². The molecule has 5 aromatic rings. The van der Waals surface area contributed by atoms with Gasteiger partial charge < -0.3 is 9.88 Å². The number of H-pyrrole nitrogens is 1. The molecule has 5 rings (SSSR count). The first-order chi connectivity index (χ1) is 12.9. The largest absolute Gasteiger partial charge is 0.361 e. The van der Waals surface area contributed by atoms with E-state index in [1.807, 2.05) is 6.20 Å². The van der Waals surface area contributed by atoms with Gasteiger partial charge in [-0.3, -0.25) is 0 Å². The van der Waals surface area contributed by atoms with Gasteiger partial charge in [-0.2, -0.15) is 0 Å². The Labute approximate surface area is 152 Å². The molecule has 1 aromatic heterocycles. The number of benzene rings is 4. The fourth-order valence-corrected chi connectivity index (χ4v) is 3.65. The van der Waals surface area contributed by atoms with Crippen molar-refractivity contribution in [1.82, 2.24) is 4.98 Å². The summed E-state index contributed by atoms with van der Waals surface area (Å²) >= 11 is 0. The Bertz CT molecular complexity index is 1130. The number of fused-ring (bicyclic) bond motifs is 2. The normalized spacial score (nSPS) is 11.1. The van der Waals surface area contributed by atoms with E-state index < -0.39 is 0 Å². The van der Waals surface area contributed by atoms with E-state index in [0.717, 1.165) is 16.9 Å². The number of aromatic nitrogens is 1. The second-order valence-corrected chi connectivity index (χ2v) is 6.39. The third-order valence-electron chi connectivity index (χ3n) is 4.80. The molecule has 0 radical (unpaired) electrons. The zero-order valence-electron chi connectivity index (χ0n) is 14.3. The van der Waals surface area contributed by atoms with Crippen LogP contribution in [0.3, 0.4) is 0 Å². The van der Waals surface area contributed by atoms with Gasteiger partial charge in [-0.15, -0.1) is 0 Å². The lowest BCUT2D eigenvalue weighted by Gasteiger charge is -2.27. The van der Waals surface area contributed by atoms with Crippen LogP contribution in [0.25, 0.3) is 21.7 Å². The molecule has 1 heterocycles. The summed E-state index contributed by atoms with van der Waals surface area (Å²) in [5.41, 5.74) is 4.66. The standard InChI is InChI=1S/C24H18N2/c1-3-10-19(11-4-1)26(20-12-5-2-6-13-20)24-21-14-8-7-9-18(21)17-23-22(24)15-16-25-23/h1-17,25H. The summed E-state index contributed by atoms with van der Waals surface area (Å²) < 4.78 is 0. The van der Waals surface area contributed by atoms with Crippen molar-refractivity contribution in [3.63, 3.8) is 0 Å². The van der Waals surface area contributed by atoms with E-state index in [1.54, 1.807) is 0 Å². The van der Waals surface area contributed by atoms with E-state index in [-0.39, 0.29) is 0 Å². The second-order valence-electron chi connectivity index (χ2n) is 6.39. The lowest BCUT2D eigenvalue weighted by atomic mass is 10.0. The Morgan fingerprint density at radius 2 is 1.19 bits per heavy atom. The van der Waals surface area contributed by atoms with Crippen LogP contribution in [0.1, 0.15) is 0 Å². The lowest BCUT2D eigenvalue weighted by Crippen LogP contribution is -2.10. The van der Waals surface area contributed by atoms with Gasteiger partial charge in [-0.1, -0.05) is 60.7 Å². The zero-order valence-corrected chi connectivity index (χ0v) is 14.3. The smallest absolute Gasteiger partial charge is 0.0633 e. The molecule has 0 spiro atoms. The van der Waals surface area contributed by atoms with E-state index >= 15 is 0 Å². The Kier molecular flexibility index (Phi) is 3.46. The molecule has 0 aliphatic heterocycles. The molecule has 4 aromatic carbocycles. The number of nitrogens with one attached hydrogen (secondary N) is 1. The highest BCUT2D eigenvalue weighted by atomic mass is 15.1. The summed E-state index contributed by atoms with van der Waals surface area (Å²) in [6.07, 6.45) is 2.02. The molecule has 2 nitrogen and oxygen atoms in total. The molecule has 0 atom stereocenters. The molecule has 0 saturated heterocycles. The summed E-state index contributed by atoms with van der Waals surface area (Å²) in [4.78, 5) is 5.73. The van der Waals surface area contributed by atoms with Gasteiger partial charge in [0.05, 0.1) is 5.69 Å². The van der Waals surface area contributed by atoms with Crippen molar-refractivity contribution >= 4 is 38.7 Å². The predicted molar refractivity (Wildman–Crippen MR) is 110 cm³/mol. The summed E-state index contributed by atoms with van der Waals surface area (Å²) in [5, 5.41) is 3.69. The molecule has 0 unspecified atom stereocenters. The van der Waals surface area contributed by atoms with E-state index in [0.29, 0.717) is 0 Å². The molecule has 1 N–H and O–H groups in total. The first-order valence-electron chi connectivity index (χ1n) is 8.81. The fourth-order valence-electron chi connectivity index (χ4n) is 3.65. The van der Waals surface area contributed by atoms with Gasteiger partial charge in [0.15, 0.2) is 0 Å². The number of aromatic amines is 1. The number of hydrogen-bond acceptors (Lipinski definition) is 1. The van der Waals surface area contributed by atoms with Crippen LogP contribution < -0.4 is 4.90 Å². The van der Waals surface area contributed by atoms with E-state index in [4.69, 9.17) is 0 Å². The van der Waals surface area contributed by atoms with Crippen molar-refractivity contribution in [3.05, 3.63) is 103 Å². The number of rotatable bonds is 3. The molecule has 0 fully saturated rings. The molecule has 0 bridgehead atoms. The zero-order chi connectivity index (χ0) is 17.3. The minimum absolute atomic E-state index is 1.15.